The van der Waals surface area contributed by atoms with Crippen molar-refractivity contribution >= 4 is 17.5 Å². The molecule has 2 aromatic heterocycles. The minimum Gasteiger partial charge on any atom is -0.351 e. The van der Waals surface area contributed by atoms with Crippen LogP contribution in [0.25, 0.3) is 22.8 Å². The third-order valence-electron chi connectivity index (χ3n) is 4.97. The second-order valence-corrected chi connectivity index (χ2v) is 8.52. The van der Waals surface area contributed by atoms with Crippen LogP contribution in [0.1, 0.15) is 35.9 Å². The van der Waals surface area contributed by atoms with Gasteiger partial charge in [0, 0.05) is 33.7 Å². The van der Waals surface area contributed by atoms with Gasteiger partial charge < -0.3 is 9.84 Å². The second kappa shape index (κ2) is 8.90. The van der Waals surface area contributed by atoms with Crippen LogP contribution in [0.4, 0.5) is 13.2 Å². The molecule has 0 bridgehead atoms. The predicted octanol–water partition coefficient (Wildman–Crippen LogP) is 4.90. The van der Waals surface area contributed by atoms with Crippen LogP contribution in [-0.2, 0) is 11.6 Å². The number of rotatable bonds is 6. The van der Waals surface area contributed by atoms with Gasteiger partial charge in [-0.05, 0) is 36.4 Å². The van der Waals surface area contributed by atoms with E-state index in [-0.39, 0.29) is 23.5 Å². The fraction of sp³-hybridized carbons (Fsp3) is 0.227. The molecule has 0 atom stereocenters. The van der Waals surface area contributed by atoms with Gasteiger partial charge in [0.1, 0.15) is 5.82 Å². The summed E-state index contributed by atoms with van der Waals surface area (Å²) in [6.07, 6.45) is -4.75. The van der Waals surface area contributed by atoms with Gasteiger partial charge in [-0.25, -0.2) is 4.98 Å². The van der Waals surface area contributed by atoms with Gasteiger partial charge in [-0.3, -0.25) is 9.89 Å². The zero-order chi connectivity index (χ0) is 24.5. The first-order valence-electron chi connectivity index (χ1n) is 10.0. The van der Waals surface area contributed by atoms with Crippen molar-refractivity contribution in [2.75, 3.05) is 6.54 Å². The Kier molecular flexibility index (Phi) is 6.13. The molecule has 12 heteroatoms. The Balaban J connectivity index is 1.45. The normalized spacial score (nSPS) is 12.1. The summed E-state index contributed by atoms with van der Waals surface area (Å²) in [6, 6.07) is 13.0. The van der Waals surface area contributed by atoms with Gasteiger partial charge in [-0.1, -0.05) is 42.7 Å². The highest BCUT2D eigenvalue weighted by Gasteiger charge is 2.38. The maximum Gasteiger partial charge on any atom is 0.471 e. The smallest absolute Gasteiger partial charge is 0.351 e. The first-order chi connectivity index (χ1) is 16.0. The summed E-state index contributed by atoms with van der Waals surface area (Å²) < 4.78 is 42.4. The van der Waals surface area contributed by atoms with E-state index in [1.165, 1.54) is 24.3 Å². The van der Waals surface area contributed by atoms with Crippen LogP contribution in [0, 0.1) is 0 Å². The molecule has 0 unspecified atom stereocenters. The van der Waals surface area contributed by atoms with E-state index >= 15 is 0 Å². The summed E-state index contributed by atoms with van der Waals surface area (Å²) in [5.74, 6) is -1.08. The maximum absolute atomic E-state index is 12.7. The minimum absolute atomic E-state index is 0.214. The van der Waals surface area contributed by atoms with Gasteiger partial charge in [0.05, 0.1) is 0 Å². The number of hydrogen-bond acceptors (Lipinski definition) is 6. The molecule has 176 valence electrons. The molecule has 2 aromatic carbocycles. The van der Waals surface area contributed by atoms with Crippen LogP contribution in [0.15, 0.2) is 53.1 Å². The molecular weight excluding hydrogens is 473 g/mol. The highest BCUT2D eigenvalue weighted by Crippen LogP contribution is 2.29. The SMILES string of the molecule is CC(C)(CNC(=O)c1cccc(-c2noc(C(F)(F)F)n2)c1)c1nc(-c2ccc(Cl)cc2)n[nH]1. The van der Waals surface area contributed by atoms with Crippen LogP contribution >= 0.6 is 11.6 Å². The number of nitrogens with zero attached hydrogens (tertiary/aromatic N) is 4. The number of aromatic amines is 1. The molecule has 0 fully saturated rings. The van der Waals surface area contributed by atoms with Crippen LogP contribution in [0.2, 0.25) is 5.02 Å². The number of halogens is 4. The predicted molar refractivity (Wildman–Crippen MR) is 117 cm³/mol. The van der Waals surface area contributed by atoms with Gasteiger partial charge in [0.25, 0.3) is 5.91 Å². The van der Waals surface area contributed by atoms with E-state index in [2.05, 4.69) is 35.2 Å². The Morgan fingerprint density at radius 1 is 1.06 bits per heavy atom. The van der Waals surface area contributed by atoms with E-state index in [0.29, 0.717) is 16.7 Å². The van der Waals surface area contributed by atoms with Crippen molar-refractivity contribution in [3.63, 3.8) is 0 Å². The average molecular weight is 491 g/mol. The van der Waals surface area contributed by atoms with Crippen molar-refractivity contribution in [2.24, 2.45) is 0 Å². The lowest BCUT2D eigenvalue weighted by Gasteiger charge is -2.22. The highest BCUT2D eigenvalue weighted by atomic mass is 35.5. The number of hydrogen-bond donors (Lipinski definition) is 2. The van der Waals surface area contributed by atoms with Gasteiger partial charge >= 0.3 is 12.1 Å². The number of nitrogens with one attached hydrogen (secondary N) is 2. The lowest BCUT2D eigenvalue weighted by molar-refractivity contribution is -0.159. The zero-order valence-electron chi connectivity index (χ0n) is 17.9. The second-order valence-electron chi connectivity index (χ2n) is 8.08. The average Bonchev–Trinajstić information content (AvgIpc) is 3.49. The number of carbonyl (C=O) groups excluding carboxylic acids is 1. The molecule has 4 aromatic rings. The number of H-pyrrole nitrogens is 1. The van der Waals surface area contributed by atoms with Crippen LogP contribution in [0.3, 0.4) is 0 Å². The monoisotopic (exact) mass is 490 g/mol. The fourth-order valence-corrected chi connectivity index (χ4v) is 3.16. The van der Waals surface area contributed by atoms with Crippen molar-refractivity contribution in [2.45, 2.75) is 25.4 Å². The Hall–Kier alpha value is -3.73. The van der Waals surface area contributed by atoms with E-state index in [1.807, 2.05) is 13.8 Å². The quantitative estimate of drug-likeness (QED) is 0.398. The molecule has 0 aliphatic heterocycles. The third kappa shape index (κ3) is 5.09. The molecule has 2 N–H and O–H groups in total. The number of carbonyl (C=O) groups is 1. The summed E-state index contributed by atoms with van der Waals surface area (Å²) in [5.41, 5.74) is 0.638. The lowest BCUT2D eigenvalue weighted by Crippen LogP contribution is -2.37. The third-order valence-corrected chi connectivity index (χ3v) is 5.22. The summed E-state index contributed by atoms with van der Waals surface area (Å²) in [4.78, 5) is 20.6. The van der Waals surface area contributed by atoms with Crippen LogP contribution in [0.5, 0.6) is 0 Å². The molecule has 0 aliphatic carbocycles. The molecular formula is C22H18ClF3N6O2. The van der Waals surface area contributed by atoms with E-state index in [9.17, 15) is 18.0 Å². The Morgan fingerprint density at radius 2 is 1.79 bits per heavy atom. The van der Waals surface area contributed by atoms with Gasteiger partial charge in [0.15, 0.2) is 5.82 Å². The molecule has 8 nitrogen and oxygen atoms in total. The van der Waals surface area contributed by atoms with Crippen LogP contribution < -0.4 is 5.32 Å². The van der Waals surface area contributed by atoms with Crippen molar-refractivity contribution in [3.8, 4) is 22.8 Å². The molecule has 1 amide bonds. The first-order valence-corrected chi connectivity index (χ1v) is 10.4. The Morgan fingerprint density at radius 3 is 2.47 bits per heavy atom. The summed E-state index contributed by atoms with van der Waals surface area (Å²) in [5, 5.41) is 13.9. The van der Waals surface area contributed by atoms with Gasteiger partial charge in [-0.2, -0.15) is 23.3 Å². The number of aromatic nitrogens is 5. The van der Waals surface area contributed by atoms with Crippen molar-refractivity contribution in [3.05, 3.63) is 70.8 Å². The zero-order valence-corrected chi connectivity index (χ0v) is 18.7. The fourth-order valence-electron chi connectivity index (χ4n) is 3.03. The minimum atomic E-state index is -4.75. The lowest BCUT2D eigenvalue weighted by atomic mass is 9.92. The molecule has 34 heavy (non-hydrogen) atoms. The molecule has 0 aliphatic rings. The molecule has 0 saturated heterocycles. The molecule has 2 heterocycles. The largest absolute Gasteiger partial charge is 0.471 e. The Bertz CT molecular complexity index is 1310. The van der Waals surface area contributed by atoms with E-state index in [1.54, 1.807) is 24.3 Å². The first kappa shape index (κ1) is 23.4. The van der Waals surface area contributed by atoms with Gasteiger partial charge in [-0.15, -0.1) is 0 Å². The Labute approximate surface area is 196 Å². The summed E-state index contributed by atoms with van der Waals surface area (Å²) in [6.45, 7) is 3.98. The van der Waals surface area contributed by atoms with E-state index in [4.69, 9.17) is 11.6 Å². The van der Waals surface area contributed by atoms with Gasteiger partial charge in [0.2, 0.25) is 5.82 Å². The van der Waals surface area contributed by atoms with Crippen molar-refractivity contribution in [1.82, 2.24) is 30.6 Å². The molecule has 0 saturated carbocycles. The van der Waals surface area contributed by atoms with E-state index in [0.717, 1.165) is 5.56 Å². The summed E-state index contributed by atoms with van der Waals surface area (Å²) in [7, 11) is 0. The standard InChI is InChI=1S/C22H18ClF3N6O2/c1-21(2,19-28-16(30-31-19)12-6-8-15(23)9-7-12)11-27-18(33)14-5-3-4-13(10-14)17-29-20(34-32-17)22(24,25)26/h3-10H,11H2,1-2H3,(H,27,33)(H,28,30,31). The van der Waals surface area contributed by atoms with Crippen LogP contribution in [-0.4, -0.2) is 37.8 Å². The van der Waals surface area contributed by atoms with Crippen molar-refractivity contribution < 1.29 is 22.5 Å². The molecule has 0 radical (unpaired) electrons. The topological polar surface area (TPSA) is 110 Å². The molecule has 0 spiro atoms. The number of amides is 1. The van der Waals surface area contributed by atoms with Crippen molar-refractivity contribution in [1.29, 1.82) is 0 Å². The highest BCUT2D eigenvalue weighted by molar-refractivity contribution is 6.30. The summed E-state index contributed by atoms with van der Waals surface area (Å²) >= 11 is 5.92. The number of alkyl halides is 3. The maximum atomic E-state index is 12.7. The van der Waals surface area contributed by atoms with E-state index < -0.39 is 23.4 Å². The number of benzene rings is 2. The molecule has 4 rings (SSSR count).